The maximum absolute atomic E-state index is 5.99. The molecule has 2 unspecified atom stereocenters. The van der Waals surface area contributed by atoms with Crippen LogP contribution in [0.1, 0.15) is 6.42 Å². The van der Waals surface area contributed by atoms with Gasteiger partial charge in [0.1, 0.15) is 5.58 Å². The first kappa shape index (κ1) is 33.1. The summed E-state index contributed by atoms with van der Waals surface area (Å²) in [5.41, 5.74) is 5.02. The monoisotopic (exact) mass is 801 g/mol. The van der Waals surface area contributed by atoms with Crippen LogP contribution in [0.3, 0.4) is 0 Å². The third-order valence-electron chi connectivity index (χ3n) is 9.06. The summed E-state index contributed by atoms with van der Waals surface area (Å²) in [5.74, 6) is 0. The van der Waals surface area contributed by atoms with Gasteiger partial charge in [-0.2, -0.15) is 73.4 Å². The topological polar surface area (TPSA) is 32.6 Å². The standard InChI is InChI=1S/C23H28N4.C16H12N2O.Ir/c1-20-24(16-18-26(20)22-10-5-3-6-11-22)14-9-15-25-17-19-27(21(25)2)23-12-7-4-8-13-23;1-17-9-10-18(11-17)14-7-4-6-13-12-5-2-3-8-15(12)19-16(13)14;/h3-8,10,12,20-21H,1-2,9,14-19H2;2-6,8-11H,1H3;/q-4;-2;. The van der Waals surface area contributed by atoms with E-state index >= 15 is 0 Å². The maximum atomic E-state index is 5.99. The Morgan fingerprint density at radius 1 is 0.723 bits per heavy atom. The van der Waals surface area contributed by atoms with Crippen LogP contribution in [-0.2, 0) is 20.1 Å². The van der Waals surface area contributed by atoms with Crippen molar-refractivity contribution >= 4 is 39.0 Å². The summed E-state index contributed by atoms with van der Waals surface area (Å²) in [6.45, 7) is 17.1. The molecule has 47 heavy (non-hydrogen) atoms. The van der Waals surface area contributed by atoms with Crippen molar-refractivity contribution in [2.75, 3.05) is 61.0 Å². The van der Waals surface area contributed by atoms with Crippen molar-refractivity contribution in [2.45, 2.75) is 18.8 Å². The molecule has 4 heterocycles. The average molecular weight is 801 g/mol. The number of hydrogen-bond donors (Lipinski definition) is 0. The molecule has 0 aliphatic carbocycles. The van der Waals surface area contributed by atoms with Crippen molar-refractivity contribution in [3.63, 3.8) is 0 Å². The van der Waals surface area contributed by atoms with Gasteiger partial charge in [0.15, 0.2) is 0 Å². The Morgan fingerprint density at radius 3 is 1.91 bits per heavy atom. The van der Waals surface area contributed by atoms with E-state index in [0.29, 0.717) is 0 Å². The number of para-hydroxylation sites is 3. The van der Waals surface area contributed by atoms with E-state index in [1.165, 1.54) is 0 Å². The Bertz CT molecular complexity index is 1700. The van der Waals surface area contributed by atoms with Crippen molar-refractivity contribution in [1.29, 1.82) is 0 Å². The predicted molar refractivity (Wildman–Crippen MR) is 188 cm³/mol. The quantitative estimate of drug-likeness (QED) is 0.170. The second-order valence-corrected chi connectivity index (χ2v) is 11.9. The first-order chi connectivity index (χ1) is 22.6. The van der Waals surface area contributed by atoms with Gasteiger partial charge >= 0.3 is 0 Å². The fourth-order valence-corrected chi connectivity index (χ4v) is 6.60. The van der Waals surface area contributed by atoms with Crippen molar-refractivity contribution in [3.8, 4) is 0 Å². The Morgan fingerprint density at radius 2 is 1.34 bits per heavy atom. The first-order valence-corrected chi connectivity index (χ1v) is 16.0. The molecular weight excluding hydrogens is 761 g/mol. The molecular formula is C39H40IrN6O-6. The third kappa shape index (κ3) is 7.07. The fraction of sp³-hybridized carbons (Fsp3) is 0.256. The minimum absolute atomic E-state index is 0. The molecule has 1 radical (unpaired) electrons. The van der Waals surface area contributed by atoms with Crippen LogP contribution in [0.2, 0.25) is 0 Å². The largest absolute Gasteiger partial charge is 0.514 e. The average Bonchev–Trinajstić information content (AvgIpc) is 3.88. The number of anilines is 3. The minimum Gasteiger partial charge on any atom is -0.514 e. The molecule has 8 rings (SSSR count). The molecule has 3 aliphatic heterocycles. The van der Waals surface area contributed by atoms with E-state index < -0.39 is 0 Å². The van der Waals surface area contributed by atoms with Crippen molar-refractivity contribution in [1.82, 2.24) is 14.7 Å². The van der Waals surface area contributed by atoms with Gasteiger partial charge in [-0.1, -0.05) is 40.6 Å². The number of nitrogens with zero attached hydrogens (tertiary/aromatic N) is 6. The summed E-state index contributed by atoms with van der Waals surface area (Å²) in [4.78, 5) is 13.6. The molecule has 1 aromatic heterocycles. The van der Waals surface area contributed by atoms with E-state index in [-0.39, 0.29) is 32.4 Å². The fourth-order valence-electron chi connectivity index (χ4n) is 6.60. The molecule has 3 aliphatic rings. The van der Waals surface area contributed by atoms with Crippen molar-refractivity contribution in [2.24, 2.45) is 0 Å². The molecule has 0 amide bonds. The Hall–Kier alpha value is -3.81. The van der Waals surface area contributed by atoms with Crippen LogP contribution < -0.4 is 14.7 Å². The molecule has 2 fully saturated rings. The smallest absolute Gasteiger partial charge is 0.116 e. The van der Waals surface area contributed by atoms with E-state index in [2.05, 4.69) is 82.0 Å². The summed E-state index contributed by atoms with van der Waals surface area (Å²) in [7, 11) is 2.00. The van der Waals surface area contributed by atoms with E-state index in [4.69, 9.17) is 4.42 Å². The van der Waals surface area contributed by atoms with Crippen molar-refractivity contribution < 1.29 is 24.5 Å². The number of hydrogen-bond acceptors (Lipinski definition) is 7. The van der Waals surface area contributed by atoms with Gasteiger partial charge in [0.25, 0.3) is 0 Å². The summed E-state index contributed by atoms with van der Waals surface area (Å²) in [6.07, 6.45) is 5.51. The minimum atomic E-state index is 0. The van der Waals surface area contributed by atoms with Gasteiger partial charge in [0.05, 0.1) is 0 Å². The zero-order valence-corrected chi connectivity index (χ0v) is 29.2. The Kier molecular flexibility index (Phi) is 10.5. The second kappa shape index (κ2) is 15.0. The van der Waals surface area contributed by atoms with Crippen LogP contribution in [0.25, 0.3) is 21.9 Å². The molecule has 0 N–H and O–H groups in total. The Labute approximate surface area is 293 Å². The molecule has 0 spiro atoms. The van der Waals surface area contributed by atoms with Crippen LogP contribution in [0.15, 0.2) is 102 Å². The van der Waals surface area contributed by atoms with Gasteiger partial charge in [-0.05, 0) is 57.4 Å². The zero-order valence-electron chi connectivity index (χ0n) is 26.8. The van der Waals surface area contributed by atoms with E-state index in [1.807, 2.05) is 90.5 Å². The van der Waals surface area contributed by atoms with Crippen LogP contribution in [0.5, 0.6) is 0 Å². The second-order valence-electron chi connectivity index (χ2n) is 11.9. The summed E-state index contributed by atoms with van der Waals surface area (Å²) < 4.78 is 5.99. The molecule has 7 nitrogen and oxygen atoms in total. The molecule has 5 aromatic rings. The van der Waals surface area contributed by atoms with Crippen LogP contribution in [-0.4, -0.2) is 73.3 Å². The van der Waals surface area contributed by atoms with Gasteiger partial charge in [0.2, 0.25) is 0 Å². The number of fused-ring (bicyclic) bond motifs is 3. The van der Waals surface area contributed by atoms with Gasteiger partial charge in [0, 0.05) is 57.3 Å². The molecule has 0 bridgehead atoms. The first-order valence-electron chi connectivity index (χ1n) is 16.0. The summed E-state index contributed by atoms with van der Waals surface area (Å²) in [5, 5.41) is 2.27. The van der Waals surface area contributed by atoms with Crippen LogP contribution >= 0.6 is 0 Å². The predicted octanol–water partition coefficient (Wildman–Crippen LogP) is 6.67. The van der Waals surface area contributed by atoms with Crippen LogP contribution in [0.4, 0.5) is 17.1 Å². The molecule has 4 aromatic carbocycles. The molecule has 247 valence electrons. The summed E-state index contributed by atoms with van der Waals surface area (Å²) in [6, 6.07) is 38.3. The number of rotatable bonds is 7. The molecule has 2 atom stereocenters. The van der Waals surface area contributed by atoms with Gasteiger partial charge in [-0.3, -0.25) is 0 Å². The zero-order chi connectivity index (χ0) is 31.5. The van der Waals surface area contributed by atoms with Crippen molar-refractivity contribution in [3.05, 3.63) is 136 Å². The number of furan rings is 1. The Balaban J connectivity index is 0.000000170. The molecule has 8 heteroatoms. The van der Waals surface area contributed by atoms with Gasteiger partial charge in [-0.25, -0.2) is 0 Å². The van der Waals surface area contributed by atoms with Gasteiger partial charge in [-0.15, -0.1) is 12.1 Å². The maximum Gasteiger partial charge on any atom is 0.116 e. The van der Waals surface area contributed by atoms with Crippen LogP contribution in [0, 0.1) is 38.7 Å². The third-order valence-corrected chi connectivity index (χ3v) is 9.06. The normalized spacial score (nSPS) is 19.9. The van der Waals surface area contributed by atoms with E-state index in [9.17, 15) is 0 Å². The van der Waals surface area contributed by atoms with E-state index in [1.54, 1.807) is 0 Å². The van der Waals surface area contributed by atoms with Gasteiger partial charge < -0.3 is 47.7 Å². The SMILES string of the molecule is CN1C=CN(c2[c-]ccc3c2oc2ccccc23)[CH-]1.[CH2-]C1N(CCCN2CCN(c3[c-]cccc3)C2[CH2-])CCN1c1[c-]cccc1.[Ir]. The summed E-state index contributed by atoms with van der Waals surface area (Å²) >= 11 is 0. The molecule has 0 saturated carbocycles. The molecule has 2 saturated heterocycles. The number of benzene rings is 4. The van der Waals surface area contributed by atoms with E-state index in [0.717, 1.165) is 84.7 Å².